The molecule has 0 atom stereocenters. The van der Waals surface area contributed by atoms with Crippen molar-refractivity contribution in [2.75, 3.05) is 0 Å². The Morgan fingerprint density at radius 2 is 1.75 bits per heavy atom. The van der Waals surface area contributed by atoms with Crippen LogP contribution >= 0.6 is 0 Å². The third kappa shape index (κ3) is 4.46. The summed E-state index contributed by atoms with van der Waals surface area (Å²) in [6, 6.07) is 5.04. The number of benzene rings is 1. The largest absolute Gasteiger partial charge is 0.507 e. The van der Waals surface area contributed by atoms with Crippen molar-refractivity contribution in [1.29, 1.82) is 0 Å². The number of hydrogen-bond acceptors (Lipinski definition) is 2. The summed E-state index contributed by atoms with van der Waals surface area (Å²) in [5.41, 5.74) is 4.76. The van der Waals surface area contributed by atoms with Gasteiger partial charge in [-0.25, -0.2) is 0 Å². The van der Waals surface area contributed by atoms with E-state index in [1.54, 1.807) is 6.20 Å². The number of nitrogens with zero attached hydrogens (tertiary/aromatic N) is 1. The van der Waals surface area contributed by atoms with E-state index in [0.29, 0.717) is 6.42 Å². The topological polar surface area (TPSA) is 33.1 Å². The molecule has 150 valence electrons. The van der Waals surface area contributed by atoms with Gasteiger partial charge in [-0.3, -0.25) is 4.98 Å². The Morgan fingerprint density at radius 3 is 2.36 bits per heavy atom. The fourth-order valence-electron chi connectivity index (χ4n) is 3.44. The standard InChI is InChI=1S/C21H20F3NO.C2H6/c1-12(2)18-9-14(11-25-13(18)3)16-5-4-6-17(16)19-10-15(21(22,23)24)7-8-20(19)26;1-2/h7-11,26H,1,4-6H2,2-3H3;1-2H3. The van der Waals surface area contributed by atoms with E-state index in [9.17, 15) is 18.3 Å². The van der Waals surface area contributed by atoms with Crippen LogP contribution in [0.4, 0.5) is 13.2 Å². The first-order valence-corrected chi connectivity index (χ1v) is 9.44. The molecule has 1 aromatic carbocycles. The number of aryl methyl sites for hydroxylation is 1. The molecule has 0 radical (unpaired) electrons. The van der Waals surface area contributed by atoms with Crippen LogP contribution in [0, 0.1) is 6.92 Å². The summed E-state index contributed by atoms with van der Waals surface area (Å²) in [4.78, 5) is 4.41. The second-order valence-electron chi connectivity index (χ2n) is 6.68. The Hall–Kier alpha value is -2.56. The lowest BCUT2D eigenvalue weighted by Gasteiger charge is -2.14. The van der Waals surface area contributed by atoms with Crippen molar-refractivity contribution in [2.24, 2.45) is 0 Å². The predicted octanol–water partition coefficient (Wildman–Crippen LogP) is 7.27. The summed E-state index contributed by atoms with van der Waals surface area (Å²) in [5, 5.41) is 10.2. The Labute approximate surface area is 164 Å². The normalized spacial score (nSPS) is 14.0. The maximum atomic E-state index is 13.1. The van der Waals surface area contributed by atoms with Gasteiger partial charge in [0.1, 0.15) is 5.75 Å². The van der Waals surface area contributed by atoms with Gasteiger partial charge in [-0.1, -0.05) is 20.4 Å². The fourth-order valence-corrected chi connectivity index (χ4v) is 3.44. The number of halogens is 3. The zero-order chi connectivity index (χ0) is 21.1. The fraction of sp³-hybridized carbons (Fsp3) is 0.348. The number of phenolic OH excluding ortho intramolecular Hbond substituents is 1. The van der Waals surface area contributed by atoms with Gasteiger partial charge < -0.3 is 5.11 Å². The Kier molecular flexibility index (Phi) is 6.70. The van der Waals surface area contributed by atoms with E-state index in [1.807, 2.05) is 33.8 Å². The number of aromatic hydroxyl groups is 1. The Morgan fingerprint density at radius 1 is 1.11 bits per heavy atom. The van der Waals surface area contributed by atoms with E-state index < -0.39 is 11.7 Å². The van der Waals surface area contributed by atoms with Crippen LogP contribution in [0.1, 0.15) is 68.0 Å². The number of allylic oxidation sites excluding steroid dienone is 3. The maximum Gasteiger partial charge on any atom is 0.416 e. The van der Waals surface area contributed by atoms with Gasteiger partial charge in [-0.2, -0.15) is 13.2 Å². The molecule has 0 fully saturated rings. The van der Waals surface area contributed by atoms with Crippen LogP contribution in [-0.4, -0.2) is 10.1 Å². The first kappa shape index (κ1) is 21.7. The molecular formula is C23H26F3NO. The summed E-state index contributed by atoms with van der Waals surface area (Å²) in [7, 11) is 0. The zero-order valence-corrected chi connectivity index (χ0v) is 16.7. The van der Waals surface area contributed by atoms with Gasteiger partial charge in [0.2, 0.25) is 0 Å². The van der Waals surface area contributed by atoms with Crippen molar-refractivity contribution < 1.29 is 18.3 Å². The third-order valence-corrected chi connectivity index (χ3v) is 4.76. The van der Waals surface area contributed by atoms with Gasteiger partial charge in [0, 0.05) is 17.5 Å². The molecular weight excluding hydrogens is 363 g/mol. The van der Waals surface area contributed by atoms with Crippen LogP contribution in [0.2, 0.25) is 0 Å². The number of alkyl halides is 3. The molecule has 0 amide bonds. The van der Waals surface area contributed by atoms with Crippen molar-refractivity contribution in [1.82, 2.24) is 4.98 Å². The van der Waals surface area contributed by atoms with Gasteiger partial charge in [0.25, 0.3) is 0 Å². The molecule has 0 aliphatic heterocycles. The molecule has 1 heterocycles. The van der Waals surface area contributed by atoms with E-state index >= 15 is 0 Å². The third-order valence-electron chi connectivity index (χ3n) is 4.76. The quantitative estimate of drug-likeness (QED) is 0.599. The lowest BCUT2D eigenvalue weighted by Crippen LogP contribution is -2.05. The van der Waals surface area contributed by atoms with Gasteiger partial charge >= 0.3 is 6.18 Å². The van der Waals surface area contributed by atoms with Crippen molar-refractivity contribution in [2.45, 2.75) is 53.1 Å². The maximum absolute atomic E-state index is 13.1. The molecule has 1 N–H and O–H groups in total. The van der Waals surface area contributed by atoms with Crippen LogP contribution in [0.5, 0.6) is 5.75 Å². The van der Waals surface area contributed by atoms with Gasteiger partial charge in [0.15, 0.2) is 0 Å². The summed E-state index contributed by atoms with van der Waals surface area (Å²) < 4.78 is 39.2. The van der Waals surface area contributed by atoms with Gasteiger partial charge in [0.05, 0.1) is 5.56 Å². The average molecular weight is 389 g/mol. The molecule has 0 unspecified atom stereocenters. The minimum atomic E-state index is -4.44. The van der Waals surface area contributed by atoms with Crippen LogP contribution in [-0.2, 0) is 6.18 Å². The van der Waals surface area contributed by atoms with E-state index in [0.717, 1.165) is 64.6 Å². The molecule has 0 spiro atoms. The van der Waals surface area contributed by atoms with E-state index in [1.165, 1.54) is 0 Å². The van der Waals surface area contributed by atoms with Gasteiger partial charge in [-0.05, 0) is 85.2 Å². The smallest absolute Gasteiger partial charge is 0.416 e. The molecule has 0 bridgehead atoms. The SMILES string of the molecule is C=C(C)c1cc(C2=C(c3cc(C(F)(F)F)ccc3O)CCC2)cnc1C.CC. The lowest BCUT2D eigenvalue weighted by atomic mass is 9.94. The second-order valence-corrected chi connectivity index (χ2v) is 6.68. The summed E-state index contributed by atoms with van der Waals surface area (Å²) in [6.45, 7) is 11.8. The van der Waals surface area contributed by atoms with Crippen LogP contribution < -0.4 is 0 Å². The molecule has 0 saturated heterocycles. The average Bonchev–Trinajstić information content (AvgIpc) is 3.12. The molecule has 28 heavy (non-hydrogen) atoms. The molecule has 2 nitrogen and oxygen atoms in total. The minimum absolute atomic E-state index is 0.132. The number of phenols is 1. The van der Waals surface area contributed by atoms with Crippen molar-refractivity contribution >= 4 is 16.7 Å². The number of aromatic nitrogens is 1. The highest BCUT2D eigenvalue weighted by Crippen LogP contribution is 2.44. The lowest BCUT2D eigenvalue weighted by molar-refractivity contribution is -0.137. The Bertz CT molecular complexity index is 911. The van der Waals surface area contributed by atoms with E-state index in [2.05, 4.69) is 11.6 Å². The first-order chi connectivity index (χ1) is 13.2. The number of rotatable bonds is 3. The second kappa shape index (κ2) is 8.63. The minimum Gasteiger partial charge on any atom is -0.507 e. The monoisotopic (exact) mass is 389 g/mol. The van der Waals surface area contributed by atoms with Crippen LogP contribution in [0.3, 0.4) is 0 Å². The predicted molar refractivity (Wildman–Crippen MR) is 109 cm³/mol. The van der Waals surface area contributed by atoms with Crippen molar-refractivity contribution in [3.63, 3.8) is 0 Å². The molecule has 0 saturated carbocycles. The summed E-state index contributed by atoms with van der Waals surface area (Å²) in [5.74, 6) is -0.132. The highest BCUT2D eigenvalue weighted by Gasteiger charge is 2.32. The van der Waals surface area contributed by atoms with Crippen molar-refractivity contribution in [3.8, 4) is 5.75 Å². The first-order valence-electron chi connectivity index (χ1n) is 9.44. The van der Waals surface area contributed by atoms with E-state index in [4.69, 9.17) is 0 Å². The molecule has 2 aromatic rings. The summed E-state index contributed by atoms with van der Waals surface area (Å²) >= 11 is 0. The molecule has 1 aromatic heterocycles. The molecule has 3 rings (SSSR count). The highest BCUT2D eigenvalue weighted by molar-refractivity contribution is 5.94. The van der Waals surface area contributed by atoms with E-state index in [-0.39, 0.29) is 11.3 Å². The van der Waals surface area contributed by atoms with Crippen LogP contribution in [0.15, 0.2) is 37.0 Å². The number of pyridine rings is 1. The molecule has 5 heteroatoms. The molecule has 1 aliphatic rings. The van der Waals surface area contributed by atoms with Crippen LogP contribution in [0.25, 0.3) is 16.7 Å². The Balaban J connectivity index is 0.00000136. The molecule has 1 aliphatic carbocycles. The highest BCUT2D eigenvalue weighted by atomic mass is 19.4. The zero-order valence-electron chi connectivity index (χ0n) is 16.7. The van der Waals surface area contributed by atoms with Gasteiger partial charge in [-0.15, -0.1) is 0 Å². The number of hydrogen-bond donors (Lipinski definition) is 1. The van der Waals surface area contributed by atoms with Crippen molar-refractivity contribution in [3.05, 3.63) is 65.0 Å². The summed E-state index contributed by atoms with van der Waals surface area (Å²) in [6.07, 6.45) is -0.504.